The molecule has 1 atom stereocenters. The van der Waals surface area contributed by atoms with Crippen LogP contribution in [0.15, 0.2) is 28.8 Å². The molecule has 126 valence electrons. The molecule has 1 N–H and O–H groups in total. The minimum Gasteiger partial charge on any atom is -0.497 e. The Morgan fingerprint density at radius 2 is 2.04 bits per heavy atom. The molecule has 7 nitrogen and oxygen atoms in total. The fourth-order valence-corrected chi connectivity index (χ4v) is 2.37. The molecular formula is C15H21ClN4O3. The number of ether oxygens (including phenoxy) is 2. The zero-order valence-electron chi connectivity index (χ0n) is 13.2. The lowest BCUT2D eigenvalue weighted by Gasteiger charge is -2.30. The van der Waals surface area contributed by atoms with E-state index in [0.717, 1.165) is 31.1 Å². The summed E-state index contributed by atoms with van der Waals surface area (Å²) in [6.45, 7) is 3.03. The number of piperazine rings is 1. The molecule has 1 aromatic carbocycles. The maximum absolute atomic E-state index is 5.64. The van der Waals surface area contributed by atoms with Gasteiger partial charge in [0.05, 0.1) is 13.2 Å². The Morgan fingerprint density at radius 1 is 1.30 bits per heavy atom. The van der Waals surface area contributed by atoms with Gasteiger partial charge in [-0.2, -0.15) is 4.98 Å². The van der Waals surface area contributed by atoms with Crippen molar-refractivity contribution in [2.75, 3.05) is 33.8 Å². The molecule has 23 heavy (non-hydrogen) atoms. The van der Waals surface area contributed by atoms with Gasteiger partial charge in [-0.1, -0.05) is 5.16 Å². The van der Waals surface area contributed by atoms with Crippen LogP contribution in [0.25, 0.3) is 0 Å². The van der Waals surface area contributed by atoms with Crippen molar-refractivity contribution < 1.29 is 14.0 Å². The first-order valence-electron chi connectivity index (χ1n) is 7.26. The first-order valence-corrected chi connectivity index (χ1v) is 7.26. The molecule has 0 radical (unpaired) electrons. The van der Waals surface area contributed by atoms with Crippen LogP contribution in [0.5, 0.6) is 11.5 Å². The Kier molecular flexibility index (Phi) is 6.20. The number of hydrogen-bond donors (Lipinski definition) is 1. The van der Waals surface area contributed by atoms with Crippen LogP contribution in [-0.2, 0) is 6.61 Å². The Balaban J connectivity index is 0.00000192. The summed E-state index contributed by atoms with van der Waals surface area (Å²) in [5.74, 6) is 2.70. The summed E-state index contributed by atoms with van der Waals surface area (Å²) in [6, 6.07) is 7.52. The summed E-state index contributed by atoms with van der Waals surface area (Å²) in [5, 5.41) is 7.40. The largest absolute Gasteiger partial charge is 0.497 e. The molecular weight excluding hydrogens is 320 g/mol. The van der Waals surface area contributed by atoms with Gasteiger partial charge in [-0.05, 0) is 31.3 Å². The predicted octanol–water partition coefficient (Wildman–Crippen LogP) is 1.66. The van der Waals surface area contributed by atoms with E-state index in [2.05, 4.69) is 27.4 Å². The van der Waals surface area contributed by atoms with Crippen molar-refractivity contribution >= 4 is 12.4 Å². The van der Waals surface area contributed by atoms with E-state index in [-0.39, 0.29) is 25.1 Å². The molecule has 1 saturated heterocycles. The third kappa shape index (κ3) is 4.34. The molecule has 1 aliphatic rings. The van der Waals surface area contributed by atoms with Gasteiger partial charge in [-0.15, -0.1) is 12.4 Å². The van der Waals surface area contributed by atoms with Crippen LogP contribution in [0.2, 0.25) is 0 Å². The van der Waals surface area contributed by atoms with Crippen molar-refractivity contribution in [2.45, 2.75) is 12.6 Å². The Labute approximate surface area is 141 Å². The van der Waals surface area contributed by atoms with E-state index < -0.39 is 0 Å². The summed E-state index contributed by atoms with van der Waals surface area (Å²) in [4.78, 5) is 6.64. The first-order chi connectivity index (χ1) is 10.8. The van der Waals surface area contributed by atoms with E-state index in [0.29, 0.717) is 11.7 Å². The third-order valence-electron chi connectivity index (χ3n) is 3.71. The molecule has 0 spiro atoms. The molecule has 2 aromatic rings. The van der Waals surface area contributed by atoms with Crippen molar-refractivity contribution in [3.63, 3.8) is 0 Å². The standard InChI is InChI=1S/C15H20N4O3.ClH/c1-19-8-7-16-9-13(19)15-17-14(22-18-15)10-21-12-5-3-11(20-2)4-6-12;/h3-6,13,16H,7-10H2,1-2H3;1H. The molecule has 0 amide bonds. The molecule has 1 aliphatic heterocycles. The quantitative estimate of drug-likeness (QED) is 0.887. The Hall–Kier alpha value is -1.83. The number of aromatic nitrogens is 2. The SMILES string of the molecule is COc1ccc(OCc2nc(C3CNCCN3C)no2)cc1.Cl. The molecule has 1 aromatic heterocycles. The number of hydrogen-bond acceptors (Lipinski definition) is 7. The van der Waals surface area contributed by atoms with Crippen molar-refractivity contribution in [3.05, 3.63) is 36.0 Å². The lowest BCUT2D eigenvalue weighted by Crippen LogP contribution is -2.44. The molecule has 0 bridgehead atoms. The lowest BCUT2D eigenvalue weighted by molar-refractivity contribution is 0.189. The minimum absolute atomic E-state index is 0. The van der Waals surface area contributed by atoms with Gasteiger partial charge in [0.2, 0.25) is 0 Å². The van der Waals surface area contributed by atoms with Crippen LogP contribution in [0.1, 0.15) is 17.8 Å². The van der Waals surface area contributed by atoms with Gasteiger partial charge in [-0.25, -0.2) is 0 Å². The Bertz CT molecular complexity index is 605. The van der Waals surface area contributed by atoms with E-state index >= 15 is 0 Å². The van der Waals surface area contributed by atoms with E-state index in [1.807, 2.05) is 24.3 Å². The van der Waals surface area contributed by atoms with E-state index in [1.54, 1.807) is 7.11 Å². The smallest absolute Gasteiger partial charge is 0.264 e. The molecule has 8 heteroatoms. The monoisotopic (exact) mass is 340 g/mol. The van der Waals surface area contributed by atoms with Crippen molar-refractivity contribution in [3.8, 4) is 11.5 Å². The Morgan fingerprint density at radius 3 is 2.74 bits per heavy atom. The van der Waals surface area contributed by atoms with Gasteiger partial charge in [-0.3, -0.25) is 4.90 Å². The summed E-state index contributed by atoms with van der Waals surface area (Å²) in [7, 11) is 3.70. The van der Waals surface area contributed by atoms with Gasteiger partial charge in [0, 0.05) is 19.6 Å². The predicted molar refractivity (Wildman–Crippen MR) is 87.1 cm³/mol. The highest BCUT2D eigenvalue weighted by molar-refractivity contribution is 5.85. The molecule has 1 fully saturated rings. The van der Waals surface area contributed by atoms with Crippen molar-refractivity contribution in [1.82, 2.24) is 20.4 Å². The second-order valence-corrected chi connectivity index (χ2v) is 5.21. The second kappa shape index (κ2) is 8.14. The third-order valence-corrected chi connectivity index (χ3v) is 3.71. The number of nitrogens with one attached hydrogen (secondary N) is 1. The van der Waals surface area contributed by atoms with Crippen LogP contribution in [-0.4, -0.2) is 48.8 Å². The van der Waals surface area contributed by atoms with Gasteiger partial charge < -0.3 is 19.3 Å². The maximum atomic E-state index is 5.64. The molecule has 1 unspecified atom stereocenters. The lowest BCUT2D eigenvalue weighted by atomic mass is 10.2. The van der Waals surface area contributed by atoms with Crippen LogP contribution in [0, 0.1) is 0 Å². The first kappa shape index (κ1) is 17.5. The zero-order chi connectivity index (χ0) is 15.4. The van der Waals surface area contributed by atoms with Gasteiger partial charge in [0.1, 0.15) is 11.5 Å². The van der Waals surface area contributed by atoms with E-state index in [9.17, 15) is 0 Å². The highest BCUT2D eigenvalue weighted by Gasteiger charge is 2.25. The minimum atomic E-state index is 0. The summed E-state index contributed by atoms with van der Waals surface area (Å²) < 4.78 is 16.0. The number of halogens is 1. The molecule has 0 saturated carbocycles. The van der Waals surface area contributed by atoms with E-state index in [4.69, 9.17) is 14.0 Å². The topological polar surface area (TPSA) is 72.7 Å². The zero-order valence-corrected chi connectivity index (χ0v) is 14.0. The number of likely N-dealkylation sites (N-methyl/N-ethyl adjacent to an activating group) is 1. The fraction of sp³-hybridized carbons (Fsp3) is 0.467. The van der Waals surface area contributed by atoms with E-state index in [1.165, 1.54) is 0 Å². The van der Waals surface area contributed by atoms with Crippen LogP contribution in [0.4, 0.5) is 0 Å². The average molecular weight is 341 g/mol. The number of benzene rings is 1. The summed E-state index contributed by atoms with van der Waals surface area (Å²) >= 11 is 0. The molecule has 0 aliphatic carbocycles. The van der Waals surface area contributed by atoms with Crippen LogP contribution >= 0.6 is 12.4 Å². The number of nitrogens with zero attached hydrogens (tertiary/aromatic N) is 3. The second-order valence-electron chi connectivity index (χ2n) is 5.21. The van der Waals surface area contributed by atoms with Crippen molar-refractivity contribution in [2.24, 2.45) is 0 Å². The van der Waals surface area contributed by atoms with Gasteiger partial charge in [0.15, 0.2) is 12.4 Å². The van der Waals surface area contributed by atoms with Crippen LogP contribution in [0.3, 0.4) is 0 Å². The maximum Gasteiger partial charge on any atom is 0.264 e. The van der Waals surface area contributed by atoms with Gasteiger partial charge in [0.25, 0.3) is 5.89 Å². The number of rotatable bonds is 5. The van der Waals surface area contributed by atoms with Crippen molar-refractivity contribution in [1.29, 1.82) is 0 Å². The van der Waals surface area contributed by atoms with Crippen LogP contribution < -0.4 is 14.8 Å². The highest BCUT2D eigenvalue weighted by Crippen LogP contribution is 2.20. The molecule has 2 heterocycles. The summed E-state index contributed by atoms with van der Waals surface area (Å²) in [5.41, 5.74) is 0. The molecule has 3 rings (SSSR count). The summed E-state index contributed by atoms with van der Waals surface area (Å²) in [6.07, 6.45) is 0. The van der Waals surface area contributed by atoms with Gasteiger partial charge >= 0.3 is 0 Å². The normalized spacial score (nSPS) is 18.3. The number of methoxy groups -OCH3 is 1. The highest BCUT2D eigenvalue weighted by atomic mass is 35.5. The fourth-order valence-electron chi connectivity index (χ4n) is 2.37. The average Bonchev–Trinajstić information content (AvgIpc) is 3.02.